The summed E-state index contributed by atoms with van der Waals surface area (Å²) < 4.78 is 0. The van der Waals surface area contributed by atoms with Crippen LogP contribution in [0.2, 0.25) is 10.0 Å². The Balaban J connectivity index is 2.19. The standard InChI is InChI=1S/C20H17Cl2NO3/c1-3-16(24)17-18(12-6-9-14(21)15(22)10-12)23(20(26)19(17)25)13-7-4-11(2)5-8-13/h4-10,18,25H,3H2,1-2H3. The quantitative estimate of drug-likeness (QED) is 0.783. The predicted octanol–water partition coefficient (Wildman–Crippen LogP) is 5.18. The molecule has 0 bridgehead atoms. The average Bonchev–Trinajstić information content (AvgIpc) is 2.89. The Bertz CT molecular complexity index is 919. The third kappa shape index (κ3) is 3.11. The van der Waals surface area contributed by atoms with Gasteiger partial charge in [0.2, 0.25) is 0 Å². The van der Waals surface area contributed by atoms with Crippen molar-refractivity contribution in [2.45, 2.75) is 26.3 Å². The van der Waals surface area contributed by atoms with Crippen LogP contribution >= 0.6 is 23.2 Å². The molecule has 0 saturated heterocycles. The van der Waals surface area contributed by atoms with Crippen LogP contribution < -0.4 is 4.90 Å². The lowest BCUT2D eigenvalue weighted by molar-refractivity contribution is -0.118. The van der Waals surface area contributed by atoms with Crippen molar-refractivity contribution in [2.24, 2.45) is 0 Å². The summed E-state index contributed by atoms with van der Waals surface area (Å²) in [6.45, 7) is 3.63. The number of amides is 1. The molecule has 3 rings (SSSR count). The van der Waals surface area contributed by atoms with E-state index in [-0.39, 0.29) is 17.8 Å². The fourth-order valence-corrected chi connectivity index (χ4v) is 3.36. The Labute approximate surface area is 161 Å². The highest BCUT2D eigenvalue weighted by molar-refractivity contribution is 6.42. The number of hydrogen-bond donors (Lipinski definition) is 1. The van der Waals surface area contributed by atoms with Gasteiger partial charge in [0.05, 0.1) is 21.7 Å². The second-order valence-corrected chi connectivity index (χ2v) is 6.94. The molecule has 134 valence electrons. The lowest BCUT2D eigenvalue weighted by Crippen LogP contribution is -2.31. The van der Waals surface area contributed by atoms with Crippen LogP contribution in [0.4, 0.5) is 5.69 Å². The molecule has 1 heterocycles. The first kappa shape index (κ1) is 18.5. The zero-order valence-corrected chi connectivity index (χ0v) is 15.8. The molecule has 0 aliphatic carbocycles. The first-order valence-corrected chi connectivity index (χ1v) is 8.92. The number of carbonyl (C=O) groups excluding carboxylic acids is 2. The predicted molar refractivity (Wildman–Crippen MR) is 103 cm³/mol. The lowest BCUT2D eigenvalue weighted by atomic mass is 9.95. The number of halogens is 2. The minimum absolute atomic E-state index is 0.0801. The maximum atomic E-state index is 12.8. The number of Topliss-reactive ketones (excluding diaryl/α,β-unsaturated/α-hetero) is 1. The topological polar surface area (TPSA) is 57.6 Å². The largest absolute Gasteiger partial charge is 0.503 e. The number of benzene rings is 2. The molecule has 0 radical (unpaired) electrons. The van der Waals surface area contributed by atoms with Gasteiger partial charge in [-0.2, -0.15) is 0 Å². The van der Waals surface area contributed by atoms with Crippen molar-refractivity contribution in [1.82, 2.24) is 0 Å². The normalized spacial score (nSPS) is 17.2. The first-order valence-electron chi connectivity index (χ1n) is 8.16. The van der Waals surface area contributed by atoms with Crippen LogP contribution in [-0.2, 0) is 9.59 Å². The van der Waals surface area contributed by atoms with Crippen LogP contribution in [0.3, 0.4) is 0 Å². The van der Waals surface area contributed by atoms with Crippen molar-refractivity contribution in [3.05, 3.63) is 75.0 Å². The minimum atomic E-state index is -0.757. The van der Waals surface area contributed by atoms with Crippen LogP contribution in [-0.4, -0.2) is 16.8 Å². The molecular formula is C20H17Cl2NO3. The number of hydrogen-bond acceptors (Lipinski definition) is 3. The molecule has 1 unspecified atom stereocenters. The summed E-state index contributed by atoms with van der Waals surface area (Å²) in [4.78, 5) is 26.7. The molecule has 6 heteroatoms. The van der Waals surface area contributed by atoms with Crippen molar-refractivity contribution in [3.63, 3.8) is 0 Å². The van der Waals surface area contributed by atoms with E-state index < -0.39 is 17.7 Å². The molecule has 1 aliphatic rings. The van der Waals surface area contributed by atoms with Gasteiger partial charge in [-0.1, -0.05) is 53.9 Å². The second kappa shape index (κ2) is 7.14. The SMILES string of the molecule is CCC(=O)C1=C(O)C(=O)N(c2ccc(C)cc2)C1c1ccc(Cl)c(Cl)c1. The number of ketones is 1. The summed E-state index contributed by atoms with van der Waals surface area (Å²) in [5.74, 6) is -1.42. The molecule has 26 heavy (non-hydrogen) atoms. The van der Waals surface area contributed by atoms with E-state index in [0.717, 1.165) is 5.56 Å². The zero-order valence-electron chi connectivity index (χ0n) is 14.3. The van der Waals surface area contributed by atoms with Crippen LogP contribution in [0.15, 0.2) is 53.8 Å². The Morgan fingerprint density at radius 2 is 1.77 bits per heavy atom. The van der Waals surface area contributed by atoms with Gasteiger partial charge in [0.25, 0.3) is 5.91 Å². The number of anilines is 1. The Morgan fingerprint density at radius 1 is 1.12 bits per heavy atom. The van der Waals surface area contributed by atoms with Crippen LogP contribution in [0, 0.1) is 6.92 Å². The van der Waals surface area contributed by atoms with Gasteiger partial charge < -0.3 is 5.11 Å². The Hall–Kier alpha value is -2.30. The Morgan fingerprint density at radius 3 is 2.35 bits per heavy atom. The lowest BCUT2D eigenvalue weighted by Gasteiger charge is -2.27. The highest BCUT2D eigenvalue weighted by atomic mass is 35.5. The monoisotopic (exact) mass is 389 g/mol. The van der Waals surface area contributed by atoms with E-state index in [1.807, 2.05) is 19.1 Å². The van der Waals surface area contributed by atoms with Crippen molar-refractivity contribution < 1.29 is 14.7 Å². The molecule has 2 aromatic carbocycles. The zero-order chi connectivity index (χ0) is 19.0. The fourth-order valence-electron chi connectivity index (χ4n) is 3.05. The van der Waals surface area contributed by atoms with Crippen LogP contribution in [0.1, 0.15) is 30.5 Å². The number of aliphatic hydroxyl groups excluding tert-OH is 1. The average molecular weight is 390 g/mol. The fraction of sp³-hybridized carbons (Fsp3) is 0.200. The van der Waals surface area contributed by atoms with Gasteiger partial charge in [-0.05, 0) is 36.8 Å². The van der Waals surface area contributed by atoms with E-state index in [1.54, 1.807) is 37.3 Å². The molecule has 0 fully saturated rings. The molecule has 1 amide bonds. The third-order valence-electron chi connectivity index (χ3n) is 4.40. The summed E-state index contributed by atoms with van der Waals surface area (Å²) in [5.41, 5.74) is 2.31. The van der Waals surface area contributed by atoms with Crippen LogP contribution in [0.25, 0.3) is 0 Å². The van der Waals surface area contributed by atoms with Gasteiger partial charge in [-0.15, -0.1) is 0 Å². The first-order chi connectivity index (χ1) is 12.3. The van der Waals surface area contributed by atoms with Gasteiger partial charge in [-0.3, -0.25) is 14.5 Å². The van der Waals surface area contributed by atoms with Crippen LogP contribution in [0.5, 0.6) is 0 Å². The molecule has 1 N–H and O–H groups in total. The van der Waals surface area contributed by atoms with E-state index in [1.165, 1.54) is 4.90 Å². The van der Waals surface area contributed by atoms with Gasteiger partial charge in [0.15, 0.2) is 11.5 Å². The summed E-state index contributed by atoms with van der Waals surface area (Å²) in [7, 11) is 0. The second-order valence-electron chi connectivity index (χ2n) is 6.13. The Kier molecular flexibility index (Phi) is 5.08. The molecule has 0 spiro atoms. The molecule has 1 aliphatic heterocycles. The van der Waals surface area contributed by atoms with Gasteiger partial charge in [0.1, 0.15) is 0 Å². The number of carbonyl (C=O) groups is 2. The summed E-state index contributed by atoms with van der Waals surface area (Å²) in [6, 6.07) is 11.5. The van der Waals surface area contributed by atoms with E-state index in [4.69, 9.17) is 23.2 Å². The number of aliphatic hydroxyl groups is 1. The van der Waals surface area contributed by atoms with E-state index in [0.29, 0.717) is 21.3 Å². The maximum absolute atomic E-state index is 12.8. The van der Waals surface area contributed by atoms with Crippen molar-refractivity contribution in [2.75, 3.05) is 4.90 Å². The van der Waals surface area contributed by atoms with E-state index >= 15 is 0 Å². The molecule has 2 aromatic rings. The van der Waals surface area contributed by atoms with Gasteiger partial charge in [-0.25, -0.2) is 0 Å². The smallest absolute Gasteiger partial charge is 0.294 e. The van der Waals surface area contributed by atoms with Crippen molar-refractivity contribution >= 4 is 40.6 Å². The van der Waals surface area contributed by atoms with Crippen molar-refractivity contribution in [3.8, 4) is 0 Å². The molecular weight excluding hydrogens is 373 g/mol. The summed E-state index contributed by atoms with van der Waals surface area (Å²) in [6.07, 6.45) is 0.173. The maximum Gasteiger partial charge on any atom is 0.294 e. The number of nitrogens with zero attached hydrogens (tertiary/aromatic N) is 1. The number of aryl methyl sites for hydroxylation is 1. The minimum Gasteiger partial charge on any atom is -0.503 e. The van der Waals surface area contributed by atoms with E-state index in [2.05, 4.69) is 0 Å². The van der Waals surface area contributed by atoms with Gasteiger partial charge >= 0.3 is 0 Å². The highest BCUT2D eigenvalue weighted by Crippen LogP contribution is 2.42. The highest BCUT2D eigenvalue weighted by Gasteiger charge is 2.43. The number of rotatable bonds is 4. The molecule has 4 nitrogen and oxygen atoms in total. The van der Waals surface area contributed by atoms with Gasteiger partial charge in [0, 0.05) is 12.1 Å². The summed E-state index contributed by atoms with van der Waals surface area (Å²) in [5, 5.41) is 11.1. The third-order valence-corrected chi connectivity index (χ3v) is 5.14. The molecule has 0 aromatic heterocycles. The van der Waals surface area contributed by atoms with E-state index in [9.17, 15) is 14.7 Å². The van der Waals surface area contributed by atoms with Crippen molar-refractivity contribution in [1.29, 1.82) is 0 Å². The molecule has 1 atom stereocenters. The summed E-state index contributed by atoms with van der Waals surface area (Å²) >= 11 is 12.1. The molecule has 0 saturated carbocycles.